The molecule has 0 N–H and O–H groups in total. The molecule has 5 rings (SSSR count). The first kappa shape index (κ1) is 10.7. The smallest absolute Gasteiger partial charge is 0.00240 e. The summed E-state index contributed by atoms with van der Waals surface area (Å²) in [7, 11) is 0. The second-order valence-electron chi connectivity index (χ2n) is 5.99. The number of aryl methyl sites for hydroxylation is 1. The molecule has 0 unspecified atom stereocenters. The number of rotatable bonds is 0. The van der Waals surface area contributed by atoms with Crippen molar-refractivity contribution < 1.29 is 0 Å². The Balaban J connectivity index is 2.18. The highest BCUT2D eigenvalue weighted by atomic mass is 14.2. The van der Waals surface area contributed by atoms with Crippen molar-refractivity contribution in [3.05, 3.63) is 58.3 Å². The molecule has 3 aromatic carbocycles. The van der Waals surface area contributed by atoms with Crippen molar-refractivity contribution in [3.8, 4) is 0 Å². The first-order chi connectivity index (χ1) is 9.93. The van der Waals surface area contributed by atoms with Crippen molar-refractivity contribution in [1.82, 2.24) is 0 Å². The molecule has 96 valence electrons. The van der Waals surface area contributed by atoms with Crippen LogP contribution in [0.1, 0.15) is 29.5 Å². The van der Waals surface area contributed by atoms with Gasteiger partial charge >= 0.3 is 0 Å². The third kappa shape index (κ3) is 1.22. The van der Waals surface area contributed by atoms with E-state index in [9.17, 15) is 0 Å². The van der Waals surface area contributed by atoms with Crippen LogP contribution in [0.5, 0.6) is 0 Å². The zero-order valence-electron chi connectivity index (χ0n) is 11.4. The van der Waals surface area contributed by atoms with E-state index in [1.807, 2.05) is 0 Å². The predicted octanol–water partition coefficient (Wildman–Crippen LogP) is 4.40. The fourth-order valence-electron chi connectivity index (χ4n) is 4.14. The standard InChI is InChI=1S/C20H16/c1-2-8-16-15(7-1)17-9-3-5-13-11-12-14-6-4-10-18(16)20(14)19(13)17/h1,3,5-7,9,11-12H,2,4,8,10H2. The van der Waals surface area contributed by atoms with Gasteiger partial charge in [0, 0.05) is 0 Å². The highest BCUT2D eigenvalue weighted by Crippen LogP contribution is 2.38. The third-order valence-electron chi connectivity index (χ3n) is 4.96. The van der Waals surface area contributed by atoms with E-state index < -0.39 is 0 Å². The average molecular weight is 256 g/mol. The molecule has 0 saturated carbocycles. The van der Waals surface area contributed by atoms with Gasteiger partial charge in [0.2, 0.25) is 0 Å². The van der Waals surface area contributed by atoms with Crippen LogP contribution in [-0.2, 0) is 12.8 Å². The van der Waals surface area contributed by atoms with Gasteiger partial charge in [0.05, 0.1) is 0 Å². The molecule has 0 heterocycles. The molecular weight excluding hydrogens is 240 g/mol. The van der Waals surface area contributed by atoms with Gasteiger partial charge < -0.3 is 0 Å². The number of fused-ring (bicyclic) bond motifs is 3. The topological polar surface area (TPSA) is 0 Å². The molecule has 2 aliphatic rings. The van der Waals surface area contributed by atoms with E-state index in [0.29, 0.717) is 0 Å². The molecule has 0 fully saturated rings. The Labute approximate surface area is 118 Å². The van der Waals surface area contributed by atoms with Crippen molar-refractivity contribution in [2.45, 2.75) is 25.7 Å². The van der Waals surface area contributed by atoms with Crippen LogP contribution in [0, 0.1) is 0 Å². The third-order valence-corrected chi connectivity index (χ3v) is 4.96. The molecule has 0 heteroatoms. The SMILES string of the molecule is C1=Cc2c(c3c4c(ccc5cccc2c54)=CCC3)CC1. The highest BCUT2D eigenvalue weighted by Gasteiger charge is 2.19. The maximum absolute atomic E-state index is 2.42. The van der Waals surface area contributed by atoms with E-state index in [4.69, 9.17) is 0 Å². The van der Waals surface area contributed by atoms with Crippen LogP contribution in [0.3, 0.4) is 0 Å². The van der Waals surface area contributed by atoms with Crippen LogP contribution in [0.4, 0.5) is 0 Å². The molecular formula is C20H16. The van der Waals surface area contributed by atoms with Crippen LogP contribution in [0.2, 0.25) is 0 Å². The first-order valence-electron chi connectivity index (χ1n) is 7.59. The van der Waals surface area contributed by atoms with Gasteiger partial charge in [0.25, 0.3) is 0 Å². The molecule has 2 aliphatic carbocycles. The molecule has 0 nitrogen and oxygen atoms in total. The van der Waals surface area contributed by atoms with Crippen molar-refractivity contribution in [2.75, 3.05) is 0 Å². The monoisotopic (exact) mass is 256 g/mol. The van der Waals surface area contributed by atoms with Gasteiger partial charge in [-0.05, 0) is 69.1 Å². The fourth-order valence-corrected chi connectivity index (χ4v) is 4.14. The lowest BCUT2D eigenvalue weighted by atomic mass is 9.80. The van der Waals surface area contributed by atoms with E-state index in [-0.39, 0.29) is 0 Å². The number of hydrogen-bond acceptors (Lipinski definition) is 0. The Morgan fingerprint density at radius 3 is 2.75 bits per heavy atom. The van der Waals surface area contributed by atoms with E-state index in [2.05, 4.69) is 48.6 Å². The maximum Gasteiger partial charge on any atom is -0.00240 e. The zero-order valence-corrected chi connectivity index (χ0v) is 11.4. The lowest BCUT2D eigenvalue weighted by molar-refractivity contribution is 0.932. The molecule has 0 aromatic heterocycles. The van der Waals surface area contributed by atoms with Gasteiger partial charge in [-0.2, -0.15) is 0 Å². The summed E-state index contributed by atoms with van der Waals surface area (Å²) < 4.78 is 0. The Bertz CT molecular complexity index is 941. The van der Waals surface area contributed by atoms with Gasteiger partial charge in [-0.3, -0.25) is 0 Å². The Morgan fingerprint density at radius 1 is 0.800 bits per heavy atom. The Kier molecular flexibility index (Phi) is 1.99. The van der Waals surface area contributed by atoms with Crippen LogP contribution in [0.25, 0.3) is 33.7 Å². The summed E-state index contributed by atoms with van der Waals surface area (Å²) in [5.41, 5.74) is 4.74. The van der Waals surface area contributed by atoms with Crippen molar-refractivity contribution >= 4 is 33.7 Å². The summed E-state index contributed by atoms with van der Waals surface area (Å²) >= 11 is 0. The van der Waals surface area contributed by atoms with E-state index in [1.165, 1.54) is 52.6 Å². The average Bonchev–Trinajstić information content (AvgIpc) is 2.53. The molecule has 0 radical (unpaired) electrons. The summed E-state index contributed by atoms with van der Waals surface area (Å²) in [6, 6.07) is 11.4. The second kappa shape index (κ2) is 3.73. The minimum atomic E-state index is 1.19. The lowest BCUT2D eigenvalue weighted by Crippen LogP contribution is -2.14. The second-order valence-corrected chi connectivity index (χ2v) is 5.99. The summed E-state index contributed by atoms with van der Waals surface area (Å²) in [4.78, 5) is 0. The van der Waals surface area contributed by atoms with Crippen LogP contribution in [0.15, 0.2) is 36.4 Å². The normalized spacial score (nSPS) is 16.4. The summed E-state index contributed by atoms with van der Waals surface area (Å²) in [6.45, 7) is 0. The number of benzene rings is 3. The molecule has 0 saturated heterocycles. The molecule has 0 spiro atoms. The molecule has 0 amide bonds. The number of allylic oxidation sites excluding steroid dienone is 1. The van der Waals surface area contributed by atoms with Gasteiger partial charge in [0.1, 0.15) is 0 Å². The molecule has 3 aromatic rings. The zero-order chi connectivity index (χ0) is 13.1. The highest BCUT2D eigenvalue weighted by molar-refractivity contribution is 6.15. The van der Waals surface area contributed by atoms with Crippen molar-refractivity contribution in [3.63, 3.8) is 0 Å². The van der Waals surface area contributed by atoms with Gasteiger partial charge in [-0.1, -0.05) is 48.6 Å². The summed E-state index contributed by atoms with van der Waals surface area (Å²) in [5, 5.41) is 7.32. The molecule has 0 aliphatic heterocycles. The maximum atomic E-state index is 2.42. The van der Waals surface area contributed by atoms with Crippen molar-refractivity contribution in [2.24, 2.45) is 0 Å². The minimum Gasteiger partial charge on any atom is -0.0836 e. The Hall–Kier alpha value is -2.08. The first-order valence-corrected chi connectivity index (χ1v) is 7.59. The number of hydrogen-bond donors (Lipinski definition) is 0. The van der Waals surface area contributed by atoms with E-state index in [1.54, 1.807) is 16.5 Å². The van der Waals surface area contributed by atoms with Gasteiger partial charge in [0.15, 0.2) is 0 Å². The van der Waals surface area contributed by atoms with Crippen molar-refractivity contribution in [1.29, 1.82) is 0 Å². The minimum absolute atomic E-state index is 1.19. The predicted molar refractivity (Wildman–Crippen MR) is 86.8 cm³/mol. The quantitative estimate of drug-likeness (QED) is 0.559. The fraction of sp³-hybridized carbons (Fsp3) is 0.200. The van der Waals surface area contributed by atoms with E-state index >= 15 is 0 Å². The summed E-state index contributed by atoms with van der Waals surface area (Å²) in [5.74, 6) is 0. The Morgan fingerprint density at radius 2 is 1.75 bits per heavy atom. The largest absolute Gasteiger partial charge is 0.0836 e. The van der Waals surface area contributed by atoms with E-state index in [0.717, 1.165) is 0 Å². The van der Waals surface area contributed by atoms with Crippen LogP contribution >= 0.6 is 0 Å². The molecule has 20 heavy (non-hydrogen) atoms. The molecule has 0 atom stereocenters. The lowest BCUT2D eigenvalue weighted by Gasteiger charge is -2.23. The molecule has 0 bridgehead atoms. The summed E-state index contributed by atoms with van der Waals surface area (Å²) in [6.07, 6.45) is 11.9. The van der Waals surface area contributed by atoms with Crippen LogP contribution in [-0.4, -0.2) is 0 Å². The van der Waals surface area contributed by atoms with Crippen LogP contribution < -0.4 is 5.22 Å². The van der Waals surface area contributed by atoms with Gasteiger partial charge in [-0.15, -0.1) is 0 Å². The van der Waals surface area contributed by atoms with Gasteiger partial charge in [-0.25, -0.2) is 0 Å².